The molecule has 0 unspecified atom stereocenters. The van der Waals surface area contributed by atoms with Crippen molar-refractivity contribution in [1.29, 1.82) is 0 Å². The molecule has 0 aliphatic heterocycles. The average Bonchev–Trinajstić information content (AvgIpc) is 3.06. The van der Waals surface area contributed by atoms with Gasteiger partial charge in [0.25, 0.3) is 0 Å². The van der Waals surface area contributed by atoms with Crippen LogP contribution in [-0.2, 0) is 11.3 Å². The molecule has 22 heavy (non-hydrogen) atoms. The third-order valence-electron chi connectivity index (χ3n) is 3.31. The molecule has 1 amide bonds. The molecule has 2 rings (SSSR count). The van der Waals surface area contributed by atoms with Crippen LogP contribution in [0.4, 0.5) is 0 Å². The minimum atomic E-state index is 0.219. The summed E-state index contributed by atoms with van der Waals surface area (Å²) in [7, 11) is 1.66. The van der Waals surface area contributed by atoms with E-state index in [1.165, 1.54) is 4.88 Å². The first-order chi connectivity index (χ1) is 10.7. The van der Waals surface area contributed by atoms with E-state index in [2.05, 4.69) is 6.07 Å². The lowest BCUT2D eigenvalue weighted by Crippen LogP contribution is -2.30. The lowest BCUT2D eigenvalue weighted by molar-refractivity contribution is -0.131. The Morgan fingerprint density at radius 3 is 2.64 bits per heavy atom. The summed E-state index contributed by atoms with van der Waals surface area (Å²) >= 11 is 3.40. The molecule has 0 fully saturated rings. The molecule has 0 atom stereocenters. The van der Waals surface area contributed by atoms with E-state index in [0.29, 0.717) is 6.42 Å². The number of hydrogen-bond donors (Lipinski definition) is 0. The highest BCUT2D eigenvalue weighted by Crippen LogP contribution is 2.22. The molecular formula is C17H21NO2S2. The Bertz CT molecular complexity index is 567. The van der Waals surface area contributed by atoms with Gasteiger partial charge in [0, 0.05) is 28.5 Å². The second-order valence-electron chi connectivity index (χ2n) is 4.76. The van der Waals surface area contributed by atoms with Gasteiger partial charge in [-0.15, -0.1) is 23.1 Å². The van der Waals surface area contributed by atoms with Crippen LogP contribution in [0, 0.1) is 0 Å². The van der Waals surface area contributed by atoms with E-state index < -0.39 is 0 Å². The minimum absolute atomic E-state index is 0.219. The minimum Gasteiger partial charge on any atom is -0.497 e. The molecule has 118 valence electrons. The first-order valence-corrected chi connectivity index (χ1v) is 9.16. The summed E-state index contributed by atoms with van der Waals surface area (Å²) < 4.78 is 5.14. The van der Waals surface area contributed by atoms with Crippen LogP contribution >= 0.6 is 23.1 Å². The van der Waals surface area contributed by atoms with Crippen molar-refractivity contribution in [3.63, 3.8) is 0 Å². The maximum Gasteiger partial charge on any atom is 0.223 e. The normalized spacial score (nSPS) is 10.5. The van der Waals surface area contributed by atoms with Crippen LogP contribution in [0.25, 0.3) is 0 Å². The first kappa shape index (κ1) is 16.9. The molecule has 0 radical (unpaired) electrons. The van der Waals surface area contributed by atoms with Gasteiger partial charge in [-0.1, -0.05) is 6.07 Å². The van der Waals surface area contributed by atoms with Crippen LogP contribution in [0.5, 0.6) is 5.75 Å². The lowest BCUT2D eigenvalue weighted by Gasteiger charge is -2.20. The zero-order valence-electron chi connectivity index (χ0n) is 13.0. The number of hydrogen-bond acceptors (Lipinski definition) is 4. The van der Waals surface area contributed by atoms with E-state index in [0.717, 1.165) is 29.5 Å². The highest BCUT2D eigenvalue weighted by Gasteiger charge is 2.12. The largest absolute Gasteiger partial charge is 0.497 e. The molecule has 3 nitrogen and oxygen atoms in total. The fraction of sp³-hybridized carbons (Fsp3) is 0.353. The maximum absolute atomic E-state index is 12.3. The Balaban J connectivity index is 1.77. The van der Waals surface area contributed by atoms with Crippen LogP contribution in [0.2, 0.25) is 0 Å². The molecule has 0 spiro atoms. The highest BCUT2D eigenvalue weighted by atomic mass is 32.2. The highest BCUT2D eigenvalue weighted by molar-refractivity contribution is 7.99. The molecule has 0 aliphatic rings. The van der Waals surface area contributed by atoms with E-state index >= 15 is 0 Å². The van der Waals surface area contributed by atoms with Gasteiger partial charge in [-0.3, -0.25) is 4.79 Å². The fourth-order valence-electron chi connectivity index (χ4n) is 2.05. The lowest BCUT2D eigenvalue weighted by atomic mass is 10.3. The van der Waals surface area contributed by atoms with E-state index in [9.17, 15) is 4.79 Å². The molecule has 0 saturated heterocycles. The van der Waals surface area contributed by atoms with Crippen LogP contribution in [0.1, 0.15) is 18.2 Å². The summed E-state index contributed by atoms with van der Waals surface area (Å²) in [5, 5.41) is 2.05. The zero-order chi connectivity index (χ0) is 15.8. The van der Waals surface area contributed by atoms with Crippen molar-refractivity contribution in [2.45, 2.75) is 24.8 Å². The van der Waals surface area contributed by atoms with Crippen molar-refractivity contribution >= 4 is 29.0 Å². The predicted molar refractivity (Wildman–Crippen MR) is 93.7 cm³/mol. The van der Waals surface area contributed by atoms with Gasteiger partial charge < -0.3 is 9.64 Å². The molecule has 0 aliphatic carbocycles. The summed E-state index contributed by atoms with van der Waals surface area (Å²) in [4.78, 5) is 16.6. The Morgan fingerprint density at radius 2 is 2.05 bits per heavy atom. The van der Waals surface area contributed by atoms with Gasteiger partial charge in [0.15, 0.2) is 0 Å². The Hall–Kier alpha value is -1.46. The van der Waals surface area contributed by atoms with Crippen molar-refractivity contribution in [1.82, 2.24) is 4.90 Å². The molecule has 5 heteroatoms. The van der Waals surface area contributed by atoms with E-state index in [4.69, 9.17) is 4.74 Å². The third kappa shape index (κ3) is 5.07. The molecule has 2 aromatic rings. The van der Waals surface area contributed by atoms with Gasteiger partial charge in [0.2, 0.25) is 5.91 Å². The Morgan fingerprint density at radius 1 is 1.27 bits per heavy atom. The Kier molecular flexibility index (Phi) is 6.80. The SMILES string of the molecule is CCN(Cc1cccs1)C(=O)CCSc1ccc(OC)cc1. The van der Waals surface area contributed by atoms with Crippen LogP contribution in [0.15, 0.2) is 46.7 Å². The van der Waals surface area contributed by atoms with Crippen LogP contribution in [-0.4, -0.2) is 30.2 Å². The van der Waals surface area contributed by atoms with Crippen molar-refractivity contribution in [3.8, 4) is 5.75 Å². The summed E-state index contributed by atoms with van der Waals surface area (Å²) in [6, 6.07) is 12.0. The fourth-order valence-corrected chi connectivity index (χ4v) is 3.61. The van der Waals surface area contributed by atoms with Crippen molar-refractivity contribution in [2.24, 2.45) is 0 Å². The second-order valence-corrected chi connectivity index (χ2v) is 6.96. The van der Waals surface area contributed by atoms with Crippen molar-refractivity contribution < 1.29 is 9.53 Å². The molecule has 1 heterocycles. The molecule has 0 bridgehead atoms. The van der Waals surface area contributed by atoms with Gasteiger partial charge in [-0.2, -0.15) is 0 Å². The molecule has 0 saturated carbocycles. The van der Waals surface area contributed by atoms with Gasteiger partial charge in [0.05, 0.1) is 13.7 Å². The topological polar surface area (TPSA) is 29.5 Å². The summed E-state index contributed by atoms with van der Waals surface area (Å²) in [6.07, 6.45) is 0.565. The van der Waals surface area contributed by atoms with E-state index in [1.807, 2.05) is 47.5 Å². The third-order valence-corrected chi connectivity index (χ3v) is 5.18. The summed E-state index contributed by atoms with van der Waals surface area (Å²) in [5.41, 5.74) is 0. The molecule has 1 aromatic heterocycles. The second kappa shape index (κ2) is 8.86. The van der Waals surface area contributed by atoms with Gasteiger partial charge in [0.1, 0.15) is 5.75 Å². The molecule has 1 aromatic carbocycles. The van der Waals surface area contributed by atoms with Crippen LogP contribution < -0.4 is 4.74 Å². The number of ether oxygens (including phenoxy) is 1. The molecular weight excluding hydrogens is 314 g/mol. The number of thioether (sulfide) groups is 1. The number of carbonyl (C=O) groups excluding carboxylic acids is 1. The van der Waals surface area contributed by atoms with Crippen molar-refractivity contribution in [2.75, 3.05) is 19.4 Å². The smallest absolute Gasteiger partial charge is 0.223 e. The maximum atomic E-state index is 12.3. The number of thiophene rings is 1. The quantitative estimate of drug-likeness (QED) is 0.674. The zero-order valence-corrected chi connectivity index (χ0v) is 14.6. The van der Waals surface area contributed by atoms with Gasteiger partial charge >= 0.3 is 0 Å². The van der Waals surface area contributed by atoms with E-state index in [1.54, 1.807) is 30.2 Å². The van der Waals surface area contributed by atoms with E-state index in [-0.39, 0.29) is 5.91 Å². The number of methoxy groups -OCH3 is 1. The van der Waals surface area contributed by atoms with Gasteiger partial charge in [-0.05, 0) is 42.6 Å². The molecule has 0 N–H and O–H groups in total. The predicted octanol–water partition coefficient (Wildman–Crippen LogP) is 4.29. The van der Waals surface area contributed by atoms with Crippen LogP contribution in [0.3, 0.4) is 0 Å². The average molecular weight is 335 g/mol. The summed E-state index contributed by atoms with van der Waals surface area (Å²) in [6.45, 7) is 3.51. The van der Waals surface area contributed by atoms with Crippen molar-refractivity contribution in [3.05, 3.63) is 46.7 Å². The number of rotatable bonds is 8. The standard InChI is InChI=1S/C17H21NO2S2/c1-3-18(13-16-5-4-11-21-16)17(19)10-12-22-15-8-6-14(20-2)7-9-15/h4-9,11H,3,10,12-13H2,1-2H3. The Labute approximate surface area is 140 Å². The number of amides is 1. The number of carbonyl (C=O) groups is 1. The summed E-state index contributed by atoms with van der Waals surface area (Å²) in [5.74, 6) is 1.87. The number of benzene rings is 1. The first-order valence-electron chi connectivity index (χ1n) is 7.30. The number of nitrogens with zero attached hydrogens (tertiary/aromatic N) is 1. The monoisotopic (exact) mass is 335 g/mol. The van der Waals surface area contributed by atoms with Gasteiger partial charge in [-0.25, -0.2) is 0 Å².